The van der Waals surface area contributed by atoms with Crippen LogP contribution in [0.25, 0.3) is 0 Å². The lowest BCUT2D eigenvalue weighted by Crippen LogP contribution is -2.48. The summed E-state index contributed by atoms with van der Waals surface area (Å²) in [5.41, 5.74) is 5.91. The van der Waals surface area contributed by atoms with Gasteiger partial charge in [-0.15, -0.1) is 0 Å². The van der Waals surface area contributed by atoms with E-state index < -0.39 is 0 Å². The molecule has 1 heterocycles. The van der Waals surface area contributed by atoms with E-state index in [1.807, 2.05) is 4.90 Å². The highest BCUT2D eigenvalue weighted by molar-refractivity contribution is 5.77. The van der Waals surface area contributed by atoms with E-state index in [0.29, 0.717) is 0 Å². The van der Waals surface area contributed by atoms with Crippen LogP contribution in [0.3, 0.4) is 0 Å². The maximum atomic E-state index is 11.9. The van der Waals surface area contributed by atoms with Gasteiger partial charge in [0.1, 0.15) is 6.61 Å². The Morgan fingerprint density at radius 1 is 1.29 bits per heavy atom. The minimum atomic E-state index is 0.0893. The number of likely N-dealkylation sites (N-methyl/N-ethyl adjacent to an activating group) is 1. The molecule has 0 bridgehead atoms. The van der Waals surface area contributed by atoms with Crippen LogP contribution in [-0.4, -0.2) is 67.7 Å². The summed E-state index contributed by atoms with van der Waals surface area (Å²) in [6.45, 7) is 3.73. The Balaban J connectivity index is 1.70. The first kappa shape index (κ1) is 12.8. The maximum Gasteiger partial charge on any atom is 0.248 e. The molecule has 1 amide bonds. The number of hydrogen-bond donors (Lipinski definition) is 1. The largest absolute Gasteiger partial charge is 0.367 e. The summed E-state index contributed by atoms with van der Waals surface area (Å²) in [7, 11) is 2.08. The zero-order chi connectivity index (χ0) is 12.3. The second-order valence-corrected chi connectivity index (χ2v) is 5.13. The van der Waals surface area contributed by atoms with E-state index in [2.05, 4.69) is 11.9 Å². The lowest BCUT2D eigenvalue weighted by molar-refractivity contribution is -0.139. The zero-order valence-corrected chi connectivity index (χ0v) is 10.6. The Kier molecular flexibility index (Phi) is 4.36. The van der Waals surface area contributed by atoms with Gasteiger partial charge in [-0.1, -0.05) is 0 Å². The summed E-state index contributed by atoms with van der Waals surface area (Å²) in [5.74, 6) is 0.109. The van der Waals surface area contributed by atoms with Crippen LogP contribution in [0, 0.1) is 0 Å². The number of hydrogen-bond acceptors (Lipinski definition) is 4. The topological polar surface area (TPSA) is 58.8 Å². The molecule has 0 spiro atoms. The van der Waals surface area contributed by atoms with Crippen LogP contribution in [0.4, 0.5) is 0 Å². The first-order valence-electron chi connectivity index (χ1n) is 6.50. The monoisotopic (exact) mass is 241 g/mol. The minimum absolute atomic E-state index is 0.0893. The van der Waals surface area contributed by atoms with Gasteiger partial charge < -0.3 is 20.3 Å². The number of nitrogens with zero attached hydrogens (tertiary/aromatic N) is 2. The third-order valence-corrected chi connectivity index (χ3v) is 3.78. The van der Waals surface area contributed by atoms with Gasteiger partial charge in [0.05, 0.1) is 6.10 Å². The summed E-state index contributed by atoms with van der Waals surface area (Å²) < 4.78 is 5.63. The molecule has 2 aliphatic rings. The van der Waals surface area contributed by atoms with E-state index in [1.54, 1.807) is 0 Å². The van der Waals surface area contributed by atoms with E-state index in [4.69, 9.17) is 10.5 Å². The molecule has 2 unspecified atom stereocenters. The van der Waals surface area contributed by atoms with Crippen molar-refractivity contribution in [3.8, 4) is 0 Å². The summed E-state index contributed by atoms with van der Waals surface area (Å²) in [5, 5.41) is 0. The van der Waals surface area contributed by atoms with Gasteiger partial charge in [0.25, 0.3) is 0 Å². The Morgan fingerprint density at radius 3 is 2.59 bits per heavy atom. The fourth-order valence-electron chi connectivity index (χ4n) is 2.49. The van der Waals surface area contributed by atoms with Crippen molar-refractivity contribution in [1.82, 2.24) is 9.80 Å². The average molecular weight is 241 g/mol. The molecule has 0 aromatic carbocycles. The van der Waals surface area contributed by atoms with Crippen molar-refractivity contribution in [2.75, 3.05) is 39.8 Å². The van der Waals surface area contributed by atoms with E-state index in [9.17, 15) is 4.79 Å². The highest BCUT2D eigenvalue weighted by atomic mass is 16.5. The van der Waals surface area contributed by atoms with Crippen molar-refractivity contribution in [2.45, 2.75) is 31.4 Å². The molecular formula is C12H23N3O2. The van der Waals surface area contributed by atoms with Gasteiger partial charge in [0.15, 0.2) is 0 Å². The van der Waals surface area contributed by atoms with Crippen LogP contribution >= 0.6 is 0 Å². The summed E-state index contributed by atoms with van der Waals surface area (Å²) in [4.78, 5) is 16.0. The molecule has 0 aromatic rings. The SMILES string of the molecule is CN1CCN(C(=O)COC2CCCC2N)CC1. The highest BCUT2D eigenvalue weighted by Gasteiger charge is 2.26. The molecule has 5 heteroatoms. The van der Waals surface area contributed by atoms with Gasteiger partial charge in [0, 0.05) is 32.2 Å². The van der Waals surface area contributed by atoms with Crippen molar-refractivity contribution in [2.24, 2.45) is 5.73 Å². The Labute approximate surface area is 103 Å². The minimum Gasteiger partial charge on any atom is -0.367 e. The van der Waals surface area contributed by atoms with Crippen LogP contribution in [0.2, 0.25) is 0 Å². The van der Waals surface area contributed by atoms with Crippen LogP contribution in [0.15, 0.2) is 0 Å². The third-order valence-electron chi connectivity index (χ3n) is 3.78. The molecule has 1 saturated heterocycles. The van der Waals surface area contributed by atoms with Crippen LogP contribution in [0.5, 0.6) is 0 Å². The molecule has 0 radical (unpaired) electrons. The predicted octanol–water partition coefficient (Wildman–Crippen LogP) is -0.343. The van der Waals surface area contributed by atoms with Crippen molar-refractivity contribution >= 4 is 5.91 Å². The van der Waals surface area contributed by atoms with Crippen LogP contribution < -0.4 is 5.73 Å². The van der Waals surface area contributed by atoms with Gasteiger partial charge in [0.2, 0.25) is 5.91 Å². The number of ether oxygens (including phenoxy) is 1. The fraction of sp³-hybridized carbons (Fsp3) is 0.917. The predicted molar refractivity (Wildman–Crippen MR) is 65.6 cm³/mol. The summed E-state index contributed by atoms with van der Waals surface area (Å²) in [6, 6.07) is 0.121. The molecule has 1 aliphatic heterocycles. The second kappa shape index (κ2) is 5.80. The average Bonchev–Trinajstić information content (AvgIpc) is 2.73. The van der Waals surface area contributed by atoms with Crippen molar-refractivity contribution < 1.29 is 9.53 Å². The molecule has 2 N–H and O–H groups in total. The summed E-state index contributed by atoms with van der Waals surface area (Å²) in [6.07, 6.45) is 3.23. The first-order chi connectivity index (χ1) is 8.16. The fourth-order valence-corrected chi connectivity index (χ4v) is 2.49. The standard InChI is InChI=1S/C12H23N3O2/c1-14-5-7-15(8-6-14)12(16)9-17-11-4-2-3-10(11)13/h10-11H,2-9,13H2,1H3. The van der Waals surface area contributed by atoms with Gasteiger partial charge in [-0.25, -0.2) is 0 Å². The van der Waals surface area contributed by atoms with E-state index in [-0.39, 0.29) is 24.7 Å². The molecule has 2 fully saturated rings. The van der Waals surface area contributed by atoms with E-state index in [1.165, 1.54) is 0 Å². The first-order valence-corrected chi connectivity index (χ1v) is 6.50. The quantitative estimate of drug-likeness (QED) is 0.734. The molecule has 17 heavy (non-hydrogen) atoms. The maximum absolute atomic E-state index is 11.9. The molecule has 0 aromatic heterocycles. The normalized spacial score (nSPS) is 30.8. The third kappa shape index (κ3) is 3.40. The number of nitrogens with two attached hydrogens (primary N) is 1. The van der Waals surface area contributed by atoms with Gasteiger partial charge in [-0.2, -0.15) is 0 Å². The number of carbonyl (C=O) groups excluding carboxylic acids is 1. The number of carbonyl (C=O) groups is 1. The molecule has 1 aliphatic carbocycles. The Morgan fingerprint density at radius 2 is 2.00 bits per heavy atom. The van der Waals surface area contributed by atoms with Gasteiger partial charge >= 0.3 is 0 Å². The lowest BCUT2D eigenvalue weighted by atomic mass is 10.2. The second-order valence-electron chi connectivity index (χ2n) is 5.13. The molecule has 2 atom stereocenters. The van der Waals surface area contributed by atoms with Crippen LogP contribution in [-0.2, 0) is 9.53 Å². The molecule has 98 valence electrons. The van der Waals surface area contributed by atoms with Crippen molar-refractivity contribution in [3.05, 3.63) is 0 Å². The molecule has 1 saturated carbocycles. The lowest BCUT2D eigenvalue weighted by Gasteiger charge is -2.32. The van der Waals surface area contributed by atoms with Crippen molar-refractivity contribution in [3.63, 3.8) is 0 Å². The summed E-state index contributed by atoms with van der Waals surface area (Å²) >= 11 is 0. The van der Waals surface area contributed by atoms with Gasteiger partial charge in [-0.3, -0.25) is 4.79 Å². The number of amides is 1. The molecular weight excluding hydrogens is 218 g/mol. The highest BCUT2D eigenvalue weighted by Crippen LogP contribution is 2.20. The van der Waals surface area contributed by atoms with Gasteiger partial charge in [-0.05, 0) is 26.3 Å². The molecule has 2 rings (SSSR count). The molecule has 5 nitrogen and oxygen atoms in total. The Hall–Kier alpha value is -0.650. The van der Waals surface area contributed by atoms with Crippen molar-refractivity contribution in [1.29, 1.82) is 0 Å². The zero-order valence-electron chi connectivity index (χ0n) is 10.6. The van der Waals surface area contributed by atoms with E-state index >= 15 is 0 Å². The smallest absolute Gasteiger partial charge is 0.248 e. The Bertz CT molecular complexity index is 264. The van der Waals surface area contributed by atoms with E-state index in [0.717, 1.165) is 45.4 Å². The number of rotatable bonds is 3. The van der Waals surface area contributed by atoms with Crippen LogP contribution in [0.1, 0.15) is 19.3 Å². The number of piperazine rings is 1.